The second-order valence-electron chi connectivity index (χ2n) is 5.24. The summed E-state index contributed by atoms with van der Waals surface area (Å²) in [5.41, 5.74) is 0.580. The molecule has 9 heteroatoms. The van der Waals surface area contributed by atoms with Crippen LogP contribution in [0.2, 0.25) is 5.02 Å². The largest absolute Gasteiger partial charge is 0.461 e. The van der Waals surface area contributed by atoms with E-state index in [9.17, 15) is 4.79 Å². The van der Waals surface area contributed by atoms with E-state index in [4.69, 9.17) is 20.8 Å². The lowest BCUT2D eigenvalue weighted by molar-refractivity contribution is -0.113. The normalized spacial score (nSPS) is 10.8. The van der Waals surface area contributed by atoms with Gasteiger partial charge >= 0.3 is 0 Å². The first-order chi connectivity index (χ1) is 12.7. The van der Waals surface area contributed by atoms with Gasteiger partial charge in [-0.2, -0.15) is 0 Å². The van der Waals surface area contributed by atoms with E-state index in [-0.39, 0.29) is 11.7 Å². The van der Waals surface area contributed by atoms with E-state index in [2.05, 4.69) is 15.5 Å². The lowest BCUT2D eigenvalue weighted by Gasteiger charge is -2.09. The van der Waals surface area contributed by atoms with Crippen LogP contribution in [0, 0.1) is 0 Å². The van der Waals surface area contributed by atoms with Crippen molar-refractivity contribution in [2.45, 2.75) is 11.7 Å². The molecule has 0 saturated carbocycles. The van der Waals surface area contributed by atoms with Crippen molar-refractivity contribution in [3.63, 3.8) is 0 Å². The Balaban J connectivity index is 1.69. The fourth-order valence-corrected chi connectivity index (χ4v) is 3.19. The second kappa shape index (κ2) is 8.88. The minimum Gasteiger partial charge on any atom is -0.461 e. The fourth-order valence-electron chi connectivity index (χ4n) is 2.25. The van der Waals surface area contributed by atoms with Gasteiger partial charge in [0.05, 0.1) is 35.9 Å². The van der Waals surface area contributed by atoms with Crippen molar-refractivity contribution < 1.29 is 13.9 Å². The zero-order valence-electron chi connectivity index (χ0n) is 14.0. The van der Waals surface area contributed by atoms with Crippen LogP contribution in [0.25, 0.3) is 11.6 Å². The van der Waals surface area contributed by atoms with Gasteiger partial charge in [0.1, 0.15) is 0 Å². The number of nitrogens with zero attached hydrogens (tertiary/aromatic N) is 3. The minimum atomic E-state index is -0.177. The molecular formula is C17H17ClN4O3S. The van der Waals surface area contributed by atoms with Gasteiger partial charge in [-0.25, -0.2) is 0 Å². The Morgan fingerprint density at radius 3 is 2.88 bits per heavy atom. The molecule has 0 radical (unpaired) electrons. The predicted molar refractivity (Wildman–Crippen MR) is 100 cm³/mol. The van der Waals surface area contributed by atoms with Gasteiger partial charge in [0.15, 0.2) is 10.9 Å². The maximum absolute atomic E-state index is 12.2. The van der Waals surface area contributed by atoms with Crippen molar-refractivity contribution in [3.8, 4) is 11.6 Å². The van der Waals surface area contributed by atoms with Gasteiger partial charge < -0.3 is 14.5 Å². The van der Waals surface area contributed by atoms with Crippen molar-refractivity contribution in [1.82, 2.24) is 14.8 Å². The molecule has 1 aromatic carbocycles. The smallest absolute Gasteiger partial charge is 0.234 e. The summed E-state index contributed by atoms with van der Waals surface area (Å²) < 4.78 is 12.4. The number of furan rings is 1. The third-order valence-electron chi connectivity index (χ3n) is 3.46. The molecule has 7 nitrogen and oxygen atoms in total. The molecule has 0 atom stereocenters. The number of aromatic nitrogens is 3. The summed E-state index contributed by atoms with van der Waals surface area (Å²) in [6.07, 6.45) is 1.58. The third kappa shape index (κ3) is 4.46. The van der Waals surface area contributed by atoms with Crippen molar-refractivity contribution in [2.24, 2.45) is 0 Å². The summed E-state index contributed by atoms with van der Waals surface area (Å²) in [7, 11) is 1.63. The van der Waals surface area contributed by atoms with Crippen molar-refractivity contribution in [3.05, 3.63) is 47.7 Å². The maximum Gasteiger partial charge on any atom is 0.234 e. The van der Waals surface area contributed by atoms with Gasteiger partial charge in [-0.05, 0) is 24.3 Å². The van der Waals surface area contributed by atoms with Gasteiger partial charge in [-0.15, -0.1) is 10.2 Å². The molecular weight excluding hydrogens is 376 g/mol. The number of hydrogen-bond acceptors (Lipinski definition) is 6. The highest BCUT2D eigenvalue weighted by atomic mass is 35.5. The van der Waals surface area contributed by atoms with Crippen LogP contribution in [0.4, 0.5) is 5.69 Å². The third-order valence-corrected chi connectivity index (χ3v) is 4.75. The Bertz CT molecular complexity index is 867. The molecule has 0 aliphatic heterocycles. The number of anilines is 1. The first-order valence-electron chi connectivity index (χ1n) is 7.82. The molecule has 2 aromatic heterocycles. The van der Waals surface area contributed by atoms with Crippen LogP contribution in [0.5, 0.6) is 0 Å². The number of hydrogen-bond donors (Lipinski definition) is 1. The van der Waals surface area contributed by atoms with Crippen molar-refractivity contribution in [1.29, 1.82) is 0 Å². The number of nitrogens with one attached hydrogen (secondary N) is 1. The van der Waals surface area contributed by atoms with Crippen LogP contribution in [-0.2, 0) is 16.1 Å². The lowest BCUT2D eigenvalue weighted by atomic mass is 10.3. The molecule has 0 saturated heterocycles. The van der Waals surface area contributed by atoms with E-state index in [1.165, 1.54) is 11.8 Å². The van der Waals surface area contributed by atoms with Crippen LogP contribution >= 0.6 is 23.4 Å². The van der Waals surface area contributed by atoms with Crippen molar-refractivity contribution in [2.75, 3.05) is 24.8 Å². The first kappa shape index (κ1) is 18.5. The predicted octanol–water partition coefficient (Wildman–Crippen LogP) is 3.57. The molecule has 0 fully saturated rings. The zero-order chi connectivity index (χ0) is 18.4. The highest BCUT2D eigenvalue weighted by Crippen LogP contribution is 2.25. The Labute approximate surface area is 159 Å². The molecule has 3 rings (SSSR count). The zero-order valence-corrected chi connectivity index (χ0v) is 15.6. The topological polar surface area (TPSA) is 82.2 Å². The molecule has 0 spiro atoms. The van der Waals surface area contributed by atoms with E-state index in [0.717, 1.165) is 0 Å². The Morgan fingerprint density at radius 2 is 2.15 bits per heavy atom. The Morgan fingerprint density at radius 1 is 1.31 bits per heavy atom. The summed E-state index contributed by atoms with van der Waals surface area (Å²) in [6, 6.07) is 10.7. The summed E-state index contributed by atoms with van der Waals surface area (Å²) in [6.45, 7) is 1.04. The van der Waals surface area contributed by atoms with Gasteiger partial charge in [0.25, 0.3) is 0 Å². The van der Waals surface area contributed by atoms with Crippen molar-refractivity contribution >= 4 is 35.0 Å². The van der Waals surface area contributed by atoms with Gasteiger partial charge in [0.2, 0.25) is 11.7 Å². The number of benzene rings is 1. The fraction of sp³-hybridized carbons (Fsp3) is 0.235. The molecule has 136 valence electrons. The molecule has 0 aliphatic carbocycles. The maximum atomic E-state index is 12.2. The number of carbonyl (C=O) groups is 1. The summed E-state index contributed by atoms with van der Waals surface area (Å²) >= 11 is 7.34. The number of methoxy groups -OCH3 is 1. The van der Waals surface area contributed by atoms with E-state index in [1.807, 2.05) is 16.7 Å². The van der Waals surface area contributed by atoms with Gasteiger partial charge in [0, 0.05) is 7.11 Å². The van der Waals surface area contributed by atoms with E-state index in [0.29, 0.717) is 40.6 Å². The van der Waals surface area contributed by atoms with Crippen LogP contribution in [0.3, 0.4) is 0 Å². The number of rotatable bonds is 8. The summed E-state index contributed by atoms with van der Waals surface area (Å²) in [5, 5.41) is 12.2. The lowest BCUT2D eigenvalue weighted by Crippen LogP contribution is -2.15. The quantitative estimate of drug-likeness (QED) is 0.590. The van der Waals surface area contributed by atoms with Crippen LogP contribution < -0.4 is 5.32 Å². The van der Waals surface area contributed by atoms with Crippen LogP contribution in [0.1, 0.15) is 0 Å². The highest BCUT2D eigenvalue weighted by Gasteiger charge is 2.17. The number of halogens is 1. The minimum absolute atomic E-state index is 0.175. The number of para-hydroxylation sites is 1. The van der Waals surface area contributed by atoms with E-state index >= 15 is 0 Å². The molecule has 1 N–H and O–H groups in total. The van der Waals surface area contributed by atoms with Gasteiger partial charge in [-0.3, -0.25) is 9.36 Å². The molecule has 2 heterocycles. The summed E-state index contributed by atoms with van der Waals surface area (Å²) in [5.74, 6) is 1.21. The molecule has 3 aromatic rings. The molecule has 0 unspecified atom stereocenters. The monoisotopic (exact) mass is 392 g/mol. The van der Waals surface area contributed by atoms with E-state index in [1.54, 1.807) is 37.6 Å². The SMILES string of the molecule is COCCn1c(SCC(=O)Nc2ccccc2Cl)nnc1-c1ccco1. The van der Waals surface area contributed by atoms with Crippen LogP contribution in [0.15, 0.2) is 52.2 Å². The van der Waals surface area contributed by atoms with E-state index < -0.39 is 0 Å². The number of ether oxygens (including phenoxy) is 1. The van der Waals surface area contributed by atoms with Gasteiger partial charge in [-0.1, -0.05) is 35.5 Å². The Kier molecular flexibility index (Phi) is 6.32. The number of thioether (sulfide) groups is 1. The first-order valence-corrected chi connectivity index (χ1v) is 9.18. The average Bonchev–Trinajstić information content (AvgIpc) is 3.29. The molecule has 1 amide bonds. The molecule has 26 heavy (non-hydrogen) atoms. The summed E-state index contributed by atoms with van der Waals surface area (Å²) in [4.78, 5) is 12.2. The highest BCUT2D eigenvalue weighted by molar-refractivity contribution is 7.99. The standard InChI is InChI=1S/C17H17ClN4O3S/c1-24-10-8-22-16(14-7-4-9-25-14)20-21-17(22)26-11-15(23)19-13-6-3-2-5-12(13)18/h2-7,9H,8,10-11H2,1H3,(H,19,23). The molecule has 0 aliphatic rings. The number of amides is 1. The Hall–Kier alpha value is -2.29. The number of carbonyl (C=O) groups excluding carboxylic acids is 1. The second-order valence-corrected chi connectivity index (χ2v) is 6.59. The average molecular weight is 393 g/mol. The molecule has 0 bridgehead atoms. The van der Waals surface area contributed by atoms with Crippen LogP contribution in [-0.4, -0.2) is 40.1 Å².